The molecule has 0 aromatic carbocycles. The van der Waals surface area contributed by atoms with Gasteiger partial charge in [0.25, 0.3) is 0 Å². The van der Waals surface area contributed by atoms with Gasteiger partial charge in [0, 0.05) is 70.2 Å². The van der Waals surface area contributed by atoms with E-state index in [0.29, 0.717) is 18.5 Å². The molecule has 0 atom stereocenters. The van der Waals surface area contributed by atoms with E-state index in [2.05, 4.69) is 57.4 Å². The highest BCUT2D eigenvalue weighted by Gasteiger charge is 2.38. The molecule has 3 aromatic rings. The normalized spacial score (nSPS) is 19.4. The summed E-state index contributed by atoms with van der Waals surface area (Å²) in [5, 5.41) is 15.9. The summed E-state index contributed by atoms with van der Waals surface area (Å²) in [6.45, 7) is 12.4. The van der Waals surface area contributed by atoms with Crippen molar-refractivity contribution in [3.63, 3.8) is 0 Å². The largest absolute Gasteiger partial charge is 0.490 e. The van der Waals surface area contributed by atoms with E-state index in [0.717, 1.165) is 87.8 Å². The van der Waals surface area contributed by atoms with Crippen molar-refractivity contribution in [1.29, 1.82) is 0 Å². The van der Waals surface area contributed by atoms with Gasteiger partial charge in [0.1, 0.15) is 5.82 Å². The van der Waals surface area contributed by atoms with Crippen LogP contribution in [0.2, 0.25) is 0 Å². The number of imidazole rings is 1. The lowest BCUT2D eigenvalue weighted by atomic mass is 9.94. The maximum absolute atomic E-state index is 11.9. The van der Waals surface area contributed by atoms with Gasteiger partial charge in [-0.05, 0) is 46.5 Å². The van der Waals surface area contributed by atoms with Crippen LogP contribution < -0.4 is 15.1 Å². The molecule has 0 radical (unpaired) electrons. The first-order valence-electron chi connectivity index (χ1n) is 15.3. The van der Waals surface area contributed by atoms with Crippen LogP contribution in [0.5, 0.6) is 0 Å². The zero-order valence-electron chi connectivity index (χ0n) is 26.1. The number of piperazine rings is 1. The Labute approximate surface area is 259 Å². The van der Waals surface area contributed by atoms with Crippen molar-refractivity contribution in [2.45, 2.75) is 70.1 Å². The first-order valence-corrected chi connectivity index (χ1v) is 15.3. The highest BCUT2D eigenvalue weighted by molar-refractivity contribution is 5.88. The lowest BCUT2D eigenvalue weighted by Gasteiger charge is -2.40. The summed E-state index contributed by atoms with van der Waals surface area (Å²) < 4.78 is 35.9. The number of rotatable bonds is 4. The number of carbonyl (C=O) groups excluding carboxylic acids is 1. The maximum Gasteiger partial charge on any atom is 0.490 e. The molecule has 1 amide bonds. The van der Waals surface area contributed by atoms with Crippen LogP contribution in [0.15, 0.2) is 18.7 Å². The third kappa shape index (κ3) is 7.31. The Bertz CT molecular complexity index is 1500. The number of alkyl halides is 3. The monoisotopic (exact) mass is 634 g/mol. The predicted octanol–water partition coefficient (Wildman–Crippen LogP) is 2.73. The number of anilines is 2. The second-order valence-corrected chi connectivity index (χ2v) is 12.8. The van der Waals surface area contributed by atoms with Crippen molar-refractivity contribution in [2.75, 3.05) is 55.6 Å². The fourth-order valence-electron chi connectivity index (χ4n) is 6.30. The molecule has 0 spiro atoms. The van der Waals surface area contributed by atoms with Crippen LogP contribution in [0.1, 0.15) is 58.1 Å². The fraction of sp³-hybridized carbons (Fsp3) is 0.655. The summed E-state index contributed by atoms with van der Waals surface area (Å²) in [4.78, 5) is 42.5. The number of carboxylic acid groups (broad SMARTS) is 1. The summed E-state index contributed by atoms with van der Waals surface area (Å²) >= 11 is 0. The molecule has 3 aliphatic heterocycles. The van der Waals surface area contributed by atoms with E-state index >= 15 is 0 Å². The number of halogens is 3. The molecule has 0 aliphatic carbocycles. The minimum absolute atomic E-state index is 0.141. The van der Waals surface area contributed by atoms with Gasteiger partial charge in [-0.1, -0.05) is 0 Å². The third-order valence-electron chi connectivity index (χ3n) is 8.67. The van der Waals surface area contributed by atoms with Crippen LogP contribution in [-0.2, 0) is 22.2 Å². The van der Waals surface area contributed by atoms with E-state index in [1.54, 1.807) is 0 Å². The van der Waals surface area contributed by atoms with E-state index in [1.165, 1.54) is 5.69 Å². The SMILES string of the molecule is Cn1cncc1C1CCN(c2nc(N3CCC(N4CCNC(=O)C4)CC3)c3cnn(C(C)(C)C)c3n2)CC1.O=C(O)C(F)(F)F. The van der Waals surface area contributed by atoms with Crippen LogP contribution in [0.4, 0.5) is 24.9 Å². The maximum atomic E-state index is 11.9. The van der Waals surface area contributed by atoms with E-state index in [9.17, 15) is 18.0 Å². The zero-order chi connectivity index (χ0) is 32.5. The van der Waals surface area contributed by atoms with Gasteiger partial charge >= 0.3 is 12.1 Å². The third-order valence-corrected chi connectivity index (χ3v) is 8.67. The van der Waals surface area contributed by atoms with Gasteiger partial charge in [-0.3, -0.25) is 9.69 Å². The molecule has 16 heteroatoms. The molecule has 3 aromatic heterocycles. The number of amides is 1. The lowest BCUT2D eigenvalue weighted by Crippen LogP contribution is -2.54. The second-order valence-electron chi connectivity index (χ2n) is 12.8. The number of carboxylic acids is 1. The smallest absolute Gasteiger partial charge is 0.475 e. The molecule has 45 heavy (non-hydrogen) atoms. The molecule has 0 saturated carbocycles. The molecule has 3 fully saturated rings. The fourth-order valence-corrected chi connectivity index (χ4v) is 6.30. The van der Waals surface area contributed by atoms with Gasteiger partial charge in [0.15, 0.2) is 5.65 Å². The highest BCUT2D eigenvalue weighted by atomic mass is 19.4. The number of aromatic nitrogens is 6. The van der Waals surface area contributed by atoms with Crippen molar-refractivity contribution < 1.29 is 27.9 Å². The van der Waals surface area contributed by atoms with Crippen molar-refractivity contribution in [2.24, 2.45) is 7.05 Å². The first-order chi connectivity index (χ1) is 21.2. The van der Waals surface area contributed by atoms with E-state index < -0.39 is 12.1 Å². The van der Waals surface area contributed by atoms with Crippen LogP contribution in [-0.4, -0.2) is 109 Å². The van der Waals surface area contributed by atoms with Crippen LogP contribution in [0.3, 0.4) is 0 Å². The zero-order valence-corrected chi connectivity index (χ0v) is 26.1. The molecule has 0 unspecified atom stereocenters. The number of nitrogens with zero attached hydrogens (tertiary/aromatic N) is 9. The topological polar surface area (TPSA) is 138 Å². The Morgan fingerprint density at radius 2 is 1.62 bits per heavy atom. The Morgan fingerprint density at radius 3 is 2.18 bits per heavy atom. The number of hydrogen-bond acceptors (Lipinski definition) is 9. The van der Waals surface area contributed by atoms with Gasteiger partial charge in [-0.25, -0.2) is 14.5 Å². The Balaban J connectivity index is 0.000000515. The molecule has 2 N–H and O–H groups in total. The van der Waals surface area contributed by atoms with Gasteiger partial charge in [0.05, 0.1) is 30.0 Å². The number of nitrogens with one attached hydrogen (secondary N) is 1. The number of hydrogen-bond donors (Lipinski definition) is 2. The lowest BCUT2D eigenvalue weighted by molar-refractivity contribution is -0.192. The molecule has 13 nitrogen and oxygen atoms in total. The molecule has 6 heterocycles. The minimum atomic E-state index is -5.08. The van der Waals surface area contributed by atoms with Crippen LogP contribution >= 0.6 is 0 Å². The molecule has 0 bridgehead atoms. The summed E-state index contributed by atoms with van der Waals surface area (Å²) in [5.41, 5.74) is 2.03. The van der Waals surface area contributed by atoms with Gasteiger partial charge in [0.2, 0.25) is 11.9 Å². The van der Waals surface area contributed by atoms with E-state index in [1.807, 2.05) is 23.4 Å². The van der Waals surface area contributed by atoms with Crippen molar-refractivity contribution in [3.05, 3.63) is 24.4 Å². The second kappa shape index (κ2) is 12.8. The number of piperidine rings is 2. The predicted molar refractivity (Wildman–Crippen MR) is 161 cm³/mol. The van der Waals surface area contributed by atoms with Gasteiger partial charge < -0.3 is 24.8 Å². The summed E-state index contributed by atoms with van der Waals surface area (Å²) in [5.74, 6) is -0.311. The van der Waals surface area contributed by atoms with Crippen molar-refractivity contribution in [1.82, 2.24) is 39.5 Å². The Morgan fingerprint density at radius 1 is 0.978 bits per heavy atom. The number of fused-ring (bicyclic) bond motifs is 1. The van der Waals surface area contributed by atoms with E-state index in [-0.39, 0.29) is 11.4 Å². The number of aliphatic carboxylic acids is 1. The minimum Gasteiger partial charge on any atom is -0.475 e. The van der Waals surface area contributed by atoms with Crippen molar-refractivity contribution >= 4 is 34.7 Å². The molecular weight excluding hydrogens is 593 g/mol. The summed E-state index contributed by atoms with van der Waals surface area (Å²) in [7, 11) is 2.08. The molecule has 3 saturated heterocycles. The summed E-state index contributed by atoms with van der Waals surface area (Å²) in [6, 6.07) is 0.442. The molecular formula is C29H41F3N10O3. The van der Waals surface area contributed by atoms with Gasteiger partial charge in [-0.15, -0.1) is 0 Å². The van der Waals surface area contributed by atoms with Gasteiger partial charge in [-0.2, -0.15) is 28.2 Å². The molecule has 6 rings (SSSR count). The Kier molecular flexibility index (Phi) is 9.23. The Hall–Kier alpha value is -3.95. The summed E-state index contributed by atoms with van der Waals surface area (Å²) in [6.07, 6.45) is 4.92. The quantitative estimate of drug-likeness (QED) is 0.441. The van der Waals surface area contributed by atoms with Crippen LogP contribution in [0, 0.1) is 0 Å². The van der Waals surface area contributed by atoms with Crippen LogP contribution in [0.25, 0.3) is 11.0 Å². The van der Waals surface area contributed by atoms with Crippen molar-refractivity contribution in [3.8, 4) is 0 Å². The molecule has 3 aliphatic rings. The molecule has 246 valence electrons. The average molecular weight is 635 g/mol. The number of aryl methyl sites for hydroxylation is 1. The number of carbonyl (C=O) groups is 2. The standard InChI is InChI=1S/C27H40N10O.C2HF3O2/c1-27(2,3)37-25-21(15-30-37)24(34-12-7-20(8-13-34)36-14-9-29-23(38)17-36)31-26(32-25)35-10-5-19(6-11-35)22-16-28-18-33(22)4;3-2(4,5)1(6)7/h15-16,18-20H,5-14,17H2,1-4H3,(H,29,38);(H,6,7). The van der Waals surface area contributed by atoms with E-state index in [4.69, 9.17) is 25.0 Å². The highest BCUT2D eigenvalue weighted by Crippen LogP contribution is 2.34. The average Bonchev–Trinajstić information content (AvgIpc) is 3.63. The first kappa shape index (κ1) is 32.4.